The van der Waals surface area contributed by atoms with Crippen molar-refractivity contribution in [3.63, 3.8) is 0 Å². The Labute approximate surface area is 129 Å². The number of aryl methyl sites for hydroxylation is 2. The van der Waals surface area contributed by atoms with E-state index >= 15 is 0 Å². The van der Waals surface area contributed by atoms with Gasteiger partial charge in [-0.05, 0) is 44.5 Å². The summed E-state index contributed by atoms with van der Waals surface area (Å²) < 4.78 is 6.75. The third-order valence-electron chi connectivity index (χ3n) is 3.20. The van der Waals surface area contributed by atoms with E-state index in [4.69, 9.17) is 10.00 Å². The Morgan fingerprint density at radius 3 is 2.77 bits per heavy atom. The molecule has 0 fully saturated rings. The molecule has 0 aliphatic heterocycles. The van der Waals surface area contributed by atoms with Gasteiger partial charge in [-0.2, -0.15) is 10.4 Å². The molecule has 0 aliphatic carbocycles. The van der Waals surface area contributed by atoms with E-state index in [2.05, 4.69) is 5.10 Å². The Balaban J connectivity index is 2.48. The smallest absolute Gasteiger partial charge is 0.289 e. The Kier molecular flexibility index (Phi) is 4.74. The van der Waals surface area contributed by atoms with E-state index in [9.17, 15) is 4.79 Å². The number of ether oxygens (including phenoxy) is 1. The average Bonchev–Trinajstić information content (AvgIpc) is 2.49. The lowest BCUT2D eigenvalue weighted by atomic mass is 10.1. The number of nitrogens with zero attached hydrogens (tertiary/aromatic N) is 3. The third-order valence-corrected chi connectivity index (χ3v) is 3.20. The summed E-state index contributed by atoms with van der Waals surface area (Å²) in [6.45, 7) is 5.97. The maximum atomic E-state index is 12.3. The minimum atomic E-state index is -0.412. The van der Waals surface area contributed by atoms with Crippen LogP contribution in [0.4, 0.5) is 0 Å². The summed E-state index contributed by atoms with van der Waals surface area (Å²) in [6, 6.07) is 11.1. The normalized spacial score (nSPS) is 10.6. The first-order chi connectivity index (χ1) is 10.6. The molecule has 1 heterocycles. The number of hydrogen-bond donors (Lipinski definition) is 0. The molecule has 112 valence electrons. The van der Waals surface area contributed by atoms with Crippen LogP contribution in [0.15, 0.2) is 40.2 Å². The van der Waals surface area contributed by atoms with Gasteiger partial charge in [0.25, 0.3) is 5.56 Å². The fraction of sp³-hybridized carbons (Fsp3) is 0.235. The number of para-hydroxylation sites is 1. The van der Waals surface area contributed by atoms with Crippen molar-refractivity contribution >= 4 is 6.21 Å². The van der Waals surface area contributed by atoms with Gasteiger partial charge in [0.05, 0.1) is 12.8 Å². The highest BCUT2D eigenvalue weighted by atomic mass is 16.5. The van der Waals surface area contributed by atoms with E-state index in [1.165, 1.54) is 4.68 Å². The van der Waals surface area contributed by atoms with Gasteiger partial charge in [-0.15, -0.1) is 0 Å². The third kappa shape index (κ3) is 3.07. The molecule has 1 aromatic heterocycles. The predicted molar refractivity (Wildman–Crippen MR) is 85.5 cm³/mol. The Hall–Kier alpha value is -2.87. The van der Waals surface area contributed by atoms with E-state index in [0.29, 0.717) is 23.6 Å². The van der Waals surface area contributed by atoms with Crippen molar-refractivity contribution in [2.75, 3.05) is 6.61 Å². The van der Waals surface area contributed by atoms with Crippen LogP contribution in [0.25, 0.3) is 0 Å². The van der Waals surface area contributed by atoms with Crippen LogP contribution >= 0.6 is 0 Å². The molecule has 5 nitrogen and oxygen atoms in total. The lowest BCUT2D eigenvalue weighted by Crippen LogP contribution is -2.22. The van der Waals surface area contributed by atoms with Gasteiger partial charge in [0.2, 0.25) is 0 Å². The monoisotopic (exact) mass is 295 g/mol. The second kappa shape index (κ2) is 6.72. The highest BCUT2D eigenvalue weighted by molar-refractivity contribution is 5.83. The van der Waals surface area contributed by atoms with Crippen LogP contribution in [-0.4, -0.2) is 17.5 Å². The molecule has 0 radical (unpaired) electrons. The summed E-state index contributed by atoms with van der Waals surface area (Å²) in [5.41, 5.74) is 1.80. The van der Waals surface area contributed by atoms with Crippen LogP contribution in [0.5, 0.6) is 5.75 Å². The van der Waals surface area contributed by atoms with Gasteiger partial charge in [0.15, 0.2) is 0 Å². The standard InChI is InChI=1S/C17H17N3O2/c1-4-22-16-8-6-5-7-14(16)11-19-20-13(3)9-12(2)15(10-18)17(20)21/h5-9,11H,4H2,1-3H3/b19-11+. The summed E-state index contributed by atoms with van der Waals surface area (Å²) in [7, 11) is 0. The van der Waals surface area contributed by atoms with E-state index in [-0.39, 0.29) is 5.56 Å². The molecule has 0 spiro atoms. The molecule has 22 heavy (non-hydrogen) atoms. The molecule has 0 unspecified atom stereocenters. The van der Waals surface area contributed by atoms with Crippen LogP contribution < -0.4 is 10.3 Å². The first-order valence-electron chi connectivity index (χ1n) is 6.98. The molecule has 0 amide bonds. The molecule has 0 bridgehead atoms. The Morgan fingerprint density at radius 2 is 2.09 bits per heavy atom. The topological polar surface area (TPSA) is 67.4 Å². The van der Waals surface area contributed by atoms with Gasteiger partial charge in [0.1, 0.15) is 17.4 Å². The number of benzene rings is 1. The van der Waals surface area contributed by atoms with E-state index < -0.39 is 5.56 Å². The largest absolute Gasteiger partial charge is 0.493 e. The molecule has 0 saturated heterocycles. The predicted octanol–water partition coefficient (Wildman–Crippen LogP) is 2.62. The minimum absolute atomic E-state index is 0.112. The van der Waals surface area contributed by atoms with Gasteiger partial charge in [0, 0.05) is 11.3 Å². The molecule has 0 aliphatic rings. The van der Waals surface area contributed by atoms with Crippen LogP contribution in [-0.2, 0) is 0 Å². The first-order valence-corrected chi connectivity index (χ1v) is 6.98. The fourth-order valence-corrected chi connectivity index (χ4v) is 2.15. The van der Waals surface area contributed by atoms with Gasteiger partial charge in [-0.1, -0.05) is 12.1 Å². The molecule has 2 rings (SSSR count). The van der Waals surface area contributed by atoms with Crippen LogP contribution in [0.2, 0.25) is 0 Å². The minimum Gasteiger partial charge on any atom is -0.493 e. The van der Waals surface area contributed by atoms with Crippen molar-refractivity contribution in [3.8, 4) is 11.8 Å². The highest BCUT2D eigenvalue weighted by Gasteiger charge is 2.09. The average molecular weight is 295 g/mol. The van der Waals surface area contributed by atoms with Crippen LogP contribution in [0.1, 0.15) is 29.3 Å². The van der Waals surface area contributed by atoms with E-state index in [1.54, 1.807) is 26.1 Å². The summed E-state index contributed by atoms with van der Waals surface area (Å²) in [4.78, 5) is 12.3. The van der Waals surface area contributed by atoms with Crippen molar-refractivity contribution < 1.29 is 4.74 Å². The molecular weight excluding hydrogens is 278 g/mol. The van der Waals surface area contributed by atoms with E-state index in [0.717, 1.165) is 5.56 Å². The van der Waals surface area contributed by atoms with Crippen molar-refractivity contribution in [2.24, 2.45) is 5.10 Å². The van der Waals surface area contributed by atoms with E-state index in [1.807, 2.05) is 37.3 Å². The first kappa shape index (κ1) is 15.5. The summed E-state index contributed by atoms with van der Waals surface area (Å²) in [5.74, 6) is 0.701. The maximum absolute atomic E-state index is 12.3. The van der Waals surface area contributed by atoms with Crippen molar-refractivity contribution in [1.82, 2.24) is 4.68 Å². The number of nitriles is 1. The Morgan fingerprint density at radius 1 is 1.36 bits per heavy atom. The zero-order valence-electron chi connectivity index (χ0n) is 12.8. The lowest BCUT2D eigenvalue weighted by Gasteiger charge is -2.08. The molecule has 2 aromatic rings. The van der Waals surface area contributed by atoms with Gasteiger partial charge >= 0.3 is 0 Å². The zero-order valence-corrected chi connectivity index (χ0v) is 12.8. The molecule has 5 heteroatoms. The zero-order chi connectivity index (χ0) is 16.1. The number of aromatic nitrogens is 1. The quantitative estimate of drug-likeness (QED) is 0.814. The summed E-state index contributed by atoms with van der Waals surface area (Å²) >= 11 is 0. The number of hydrogen-bond acceptors (Lipinski definition) is 4. The second-order valence-corrected chi connectivity index (χ2v) is 4.79. The summed E-state index contributed by atoms with van der Waals surface area (Å²) in [6.07, 6.45) is 1.57. The Bertz CT molecular complexity index is 814. The molecule has 0 N–H and O–H groups in total. The van der Waals surface area contributed by atoms with Crippen molar-refractivity contribution in [2.45, 2.75) is 20.8 Å². The van der Waals surface area contributed by atoms with Gasteiger partial charge in [-0.3, -0.25) is 4.79 Å². The maximum Gasteiger partial charge on any atom is 0.289 e. The van der Waals surface area contributed by atoms with Crippen molar-refractivity contribution in [3.05, 3.63) is 63.1 Å². The van der Waals surface area contributed by atoms with Gasteiger partial charge < -0.3 is 4.74 Å². The highest BCUT2D eigenvalue weighted by Crippen LogP contribution is 2.15. The summed E-state index contributed by atoms with van der Waals surface area (Å²) in [5, 5.41) is 13.3. The SMILES string of the molecule is CCOc1ccccc1/C=N/n1c(C)cc(C)c(C#N)c1=O. The number of pyridine rings is 1. The lowest BCUT2D eigenvalue weighted by molar-refractivity contribution is 0.340. The molecule has 0 atom stereocenters. The van der Waals surface area contributed by atoms with Crippen molar-refractivity contribution in [1.29, 1.82) is 5.26 Å². The molecule has 1 aromatic carbocycles. The van der Waals surface area contributed by atoms with Gasteiger partial charge in [-0.25, -0.2) is 4.68 Å². The second-order valence-electron chi connectivity index (χ2n) is 4.79. The number of rotatable bonds is 4. The molecular formula is C17H17N3O2. The molecule has 0 saturated carbocycles. The van der Waals surface area contributed by atoms with Crippen LogP contribution in [0, 0.1) is 25.2 Å². The van der Waals surface area contributed by atoms with Crippen LogP contribution in [0.3, 0.4) is 0 Å². The fourth-order valence-electron chi connectivity index (χ4n) is 2.15.